The highest BCUT2D eigenvalue weighted by molar-refractivity contribution is 5.74. The zero-order valence-corrected chi connectivity index (χ0v) is 10.4. The summed E-state index contributed by atoms with van der Waals surface area (Å²) in [7, 11) is 0. The maximum absolute atomic E-state index is 12.4. The maximum atomic E-state index is 12.4. The Morgan fingerprint density at radius 1 is 1.28 bits per heavy atom. The molecule has 0 amide bonds. The van der Waals surface area contributed by atoms with E-state index in [1.807, 2.05) is 0 Å². The highest BCUT2D eigenvalue weighted by Gasteiger charge is 2.31. The van der Waals surface area contributed by atoms with Gasteiger partial charge in [0.2, 0.25) is 0 Å². The van der Waals surface area contributed by atoms with Crippen molar-refractivity contribution in [2.75, 3.05) is 30.3 Å². The molecule has 0 spiro atoms. The van der Waals surface area contributed by atoms with Crippen molar-refractivity contribution < 1.29 is 17.9 Å². The van der Waals surface area contributed by atoms with Gasteiger partial charge in [0.05, 0.1) is 18.0 Å². The van der Waals surface area contributed by atoms with Crippen LogP contribution in [0.4, 0.5) is 24.5 Å². The third-order valence-electron chi connectivity index (χ3n) is 2.44. The molecule has 0 unspecified atom stereocenters. The van der Waals surface area contributed by atoms with Gasteiger partial charge in [0.1, 0.15) is 12.3 Å². The molecule has 1 aromatic carbocycles. The second kappa shape index (κ2) is 5.84. The fraction of sp³-hybridized carbons (Fsp3) is 0.500. The van der Waals surface area contributed by atoms with Gasteiger partial charge in [-0.3, -0.25) is 0 Å². The van der Waals surface area contributed by atoms with Crippen LogP contribution in [-0.4, -0.2) is 25.9 Å². The number of rotatable bonds is 5. The first-order chi connectivity index (χ1) is 8.39. The topological polar surface area (TPSA) is 38.5 Å². The molecule has 18 heavy (non-hydrogen) atoms. The van der Waals surface area contributed by atoms with Crippen LogP contribution in [0.5, 0.6) is 5.75 Å². The van der Waals surface area contributed by atoms with E-state index in [0.717, 1.165) is 0 Å². The molecule has 0 bridgehead atoms. The van der Waals surface area contributed by atoms with Gasteiger partial charge in [-0.05, 0) is 26.0 Å². The van der Waals surface area contributed by atoms with Crippen LogP contribution in [0.1, 0.15) is 13.8 Å². The molecule has 0 aromatic heterocycles. The van der Waals surface area contributed by atoms with Crippen molar-refractivity contribution in [1.82, 2.24) is 0 Å². The summed E-state index contributed by atoms with van der Waals surface area (Å²) in [5, 5.41) is 0. The number of halogens is 3. The number of ether oxygens (including phenoxy) is 1. The molecule has 1 aromatic rings. The second-order valence-corrected chi connectivity index (χ2v) is 3.75. The van der Waals surface area contributed by atoms with Crippen molar-refractivity contribution in [3.05, 3.63) is 18.2 Å². The van der Waals surface area contributed by atoms with E-state index < -0.39 is 12.7 Å². The van der Waals surface area contributed by atoms with E-state index in [2.05, 4.69) is 0 Å². The quantitative estimate of drug-likeness (QED) is 0.829. The lowest BCUT2D eigenvalue weighted by atomic mass is 10.2. The molecule has 0 aliphatic carbocycles. The Balaban J connectivity index is 3.02. The summed E-state index contributed by atoms with van der Waals surface area (Å²) in [6.45, 7) is 3.06. The van der Waals surface area contributed by atoms with Crippen LogP contribution in [0, 0.1) is 0 Å². The van der Waals surface area contributed by atoms with Crippen molar-refractivity contribution in [1.29, 1.82) is 0 Å². The molecule has 1 rings (SSSR count). The minimum atomic E-state index is -4.26. The van der Waals surface area contributed by atoms with Crippen LogP contribution in [0.2, 0.25) is 0 Å². The van der Waals surface area contributed by atoms with Crippen LogP contribution in [-0.2, 0) is 0 Å². The Morgan fingerprint density at radius 2 is 1.94 bits per heavy atom. The number of hydrogen-bond acceptors (Lipinski definition) is 3. The zero-order chi connectivity index (χ0) is 13.8. The van der Waals surface area contributed by atoms with Gasteiger partial charge in [0.15, 0.2) is 0 Å². The number of para-hydroxylation sites is 1. The molecule has 102 valence electrons. The Labute approximate surface area is 104 Å². The molecular weight excluding hydrogens is 245 g/mol. The van der Waals surface area contributed by atoms with Crippen LogP contribution in [0.15, 0.2) is 18.2 Å². The third-order valence-corrected chi connectivity index (χ3v) is 2.44. The van der Waals surface area contributed by atoms with Crippen LogP contribution in [0.25, 0.3) is 0 Å². The number of nitrogens with two attached hydrogens (primary N) is 1. The van der Waals surface area contributed by atoms with Crippen molar-refractivity contribution in [3.63, 3.8) is 0 Å². The molecular formula is C12H17F3N2O. The standard InChI is InChI=1S/C12H17F3N2O/c1-3-17(8-12(13,14)15)9-6-5-7-10(11(9)16)18-4-2/h5-7H,3-4,8,16H2,1-2H3. The summed E-state index contributed by atoms with van der Waals surface area (Å²) in [5.41, 5.74) is 6.42. The normalized spacial score (nSPS) is 11.4. The van der Waals surface area contributed by atoms with Gasteiger partial charge in [-0.1, -0.05) is 6.07 Å². The van der Waals surface area contributed by atoms with Gasteiger partial charge in [0.25, 0.3) is 0 Å². The molecule has 0 saturated carbocycles. The summed E-state index contributed by atoms with van der Waals surface area (Å²) >= 11 is 0. The number of benzene rings is 1. The largest absolute Gasteiger partial charge is 0.492 e. The number of anilines is 2. The molecule has 0 fully saturated rings. The predicted octanol–water partition coefficient (Wildman–Crippen LogP) is 3.06. The molecule has 2 N–H and O–H groups in total. The van der Waals surface area contributed by atoms with E-state index >= 15 is 0 Å². The third kappa shape index (κ3) is 3.72. The van der Waals surface area contributed by atoms with Gasteiger partial charge in [-0.25, -0.2) is 0 Å². The first kappa shape index (κ1) is 14.5. The molecule has 0 atom stereocenters. The molecule has 0 aliphatic heterocycles. The SMILES string of the molecule is CCOc1cccc(N(CC)CC(F)(F)F)c1N. The summed E-state index contributed by atoms with van der Waals surface area (Å²) in [4.78, 5) is 1.18. The Morgan fingerprint density at radius 3 is 2.44 bits per heavy atom. The van der Waals surface area contributed by atoms with E-state index in [0.29, 0.717) is 18.0 Å². The minimum Gasteiger partial charge on any atom is -0.492 e. The fourth-order valence-electron chi connectivity index (χ4n) is 1.67. The molecule has 0 aliphatic rings. The lowest BCUT2D eigenvalue weighted by molar-refractivity contribution is -0.119. The van der Waals surface area contributed by atoms with Crippen molar-refractivity contribution in [2.45, 2.75) is 20.0 Å². The molecule has 3 nitrogen and oxygen atoms in total. The lowest BCUT2D eigenvalue weighted by Crippen LogP contribution is -2.34. The van der Waals surface area contributed by atoms with Gasteiger partial charge < -0.3 is 15.4 Å². The summed E-state index contributed by atoms with van der Waals surface area (Å²) in [6.07, 6.45) is -4.26. The maximum Gasteiger partial charge on any atom is 0.405 e. The number of nitrogens with zero attached hydrogens (tertiary/aromatic N) is 1. The first-order valence-electron chi connectivity index (χ1n) is 5.72. The molecule has 6 heteroatoms. The minimum absolute atomic E-state index is 0.222. The van der Waals surface area contributed by atoms with Gasteiger partial charge in [-0.2, -0.15) is 13.2 Å². The van der Waals surface area contributed by atoms with Gasteiger partial charge in [0, 0.05) is 6.54 Å². The highest BCUT2D eigenvalue weighted by Crippen LogP contribution is 2.33. The van der Waals surface area contributed by atoms with E-state index in [1.165, 1.54) is 4.90 Å². The van der Waals surface area contributed by atoms with Crippen molar-refractivity contribution in [2.24, 2.45) is 0 Å². The average Bonchev–Trinajstić information content (AvgIpc) is 2.28. The zero-order valence-electron chi connectivity index (χ0n) is 10.4. The summed E-state index contributed by atoms with van der Waals surface area (Å²) < 4.78 is 42.6. The molecule has 0 saturated heterocycles. The Bertz CT molecular complexity index is 393. The molecule has 0 radical (unpaired) electrons. The number of hydrogen-bond donors (Lipinski definition) is 1. The van der Waals surface area contributed by atoms with Gasteiger partial charge >= 0.3 is 6.18 Å². The van der Waals surface area contributed by atoms with Crippen LogP contribution >= 0.6 is 0 Å². The lowest BCUT2D eigenvalue weighted by Gasteiger charge is -2.26. The van der Waals surface area contributed by atoms with Crippen molar-refractivity contribution in [3.8, 4) is 5.75 Å². The van der Waals surface area contributed by atoms with Crippen LogP contribution < -0.4 is 15.4 Å². The van der Waals surface area contributed by atoms with E-state index in [4.69, 9.17) is 10.5 Å². The monoisotopic (exact) mass is 262 g/mol. The fourth-order valence-corrected chi connectivity index (χ4v) is 1.67. The molecule has 0 heterocycles. The van der Waals surface area contributed by atoms with Crippen LogP contribution in [0.3, 0.4) is 0 Å². The van der Waals surface area contributed by atoms with E-state index in [1.54, 1.807) is 32.0 Å². The highest BCUT2D eigenvalue weighted by atomic mass is 19.4. The van der Waals surface area contributed by atoms with Gasteiger partial charge in [-0.15, -0.1) is 0 Å². The number of alkyl halides is 3. The Hall–Kier alpha value is -1.59. The Kier molecular flexibility index (Phi) is 4.69. The van der Waals surface area contributed by atoms with E-state index in [9.17, 15) is 13.2 Å². The number of nitrogen functional groups attached to an aromatic ring is 1. The van der Waals surface area contributed by atoms with E-state index in [-0.39, 0.29) is 12.2 Å². The van der Waals surface area contributed by atoms with Crippen molar-refractivity contribution >= 4 is 11.4 Å². The summed E-state index contributed by atoms with van der Waals surface area (Å²) in [6, 6.07) is 4.84. The second-order valence-electron chi connectivity index (χ2n) is 3.75. The summed E-state index contributed by atoms with van der Waals surface area (Å²) in [5.74, 6) is 0.413. The average molecular weight is 262 g/mol. The smallest absolute Gasteiger partial charge is 0.405 e. The predicted molar refractivity (Wildman–Crippen MR) is 66.0 cm³/mol. The first-order valence-corrected chi connectivity index (χ1v) is 5.72.